The summed E-state index contributed by atoms with van der Waals surface area (Å²) in [6.45, 7) is 18.4. The van der Waals surface area contributed by atoms with Gasteiger partial charge in [-0.05, 0) is 51.4 Å². The van der Waals surface area contributed by atoms with Crippen LogP contribution in [-0.2, 0) is 0 Å². The van der Waals surface area contributed by atoms with Gasteiger partial charge in [0.2, 0.25) is 0 Å². The fourth-order valence-corrected chi connectivity index (χ4v) is 5.35. The molecule has 5 heteroatoms. The van der Waals surface area contributed by atoms with Crippen LogP contribution >= 0.6 is 0 Å². The predicted octanol–water partition coefficient (Wildman–Crippen LogP) is 5.80. The molecule has 3 fully saturated rings. The van der Waals surface area contributed by atoms with E-state index in [1.807, 2.05) is 33.8 Å². The summed E-state index contributed by atoms with van der Waals surface area (Å²) in [6.07, 6.45) is 12.6. The first-order chi connectivity index (χ1) is 14.9. The Labute approximate surface area is 190 Å². The van der Waals surface area contributed by atoms with Gasteiger partial charge < -0.3 is 5.32 Å². The zero-order valence-electron chi connectivity index (χ0n) is 20.9. The number of aromatic amines is 1. The SMILES string of the molecule is C=CCC(C)CCCCC.CC.Cc1[nH]nc(C(=O)NC2CN3CCC34CCC24)c1C. The lowest BCUT2D eigenvalue weighted by Gasteiger charge is -2.58. The fraction of sp³-hybridized carbons (Fsp3) is 0.769. The molecule has 1 aromatic heterocycles. The molecule has 3 heterocycles. The molecule has 1 aliphatic carbocycles. The number of rotatable bonds is 8. The molecule has 4 unspecified atom stereocenters. The quantitative estimate of drug-likeness (QED) is 0.405. The van der Waals surface area contributed by atoms with Crippen LogP contribution in [0.3, 0.4) is 0 Å². The molecule has 1 saturated carbocycles. The van der Waals surface area contributed by atoms with E-state index >= 15 is 0 Å². The van der Waals surface area contributed by atoms with Gasteiger partial charge in [0, 0.05) is 35.9 Å². The Morgan fingerprint density at radius 1 is 1.35 bits per heavy atom. The monoisotopic (exact) mass is 430 g/mol. The number of nitrogens with one attached hydrogen (secondary N) is 2. The highest BCUT2D eigenvalue weighted by atomic mass is 16.2. The number of amides is 1. The van der Waals surface area contributed by atoms with Gasteiger partial charge in [-0.1, -0.05) is 59.5 Å². The third-order valence-corrected chi connectivity index (χ3v) is 7.58. The van der Waals surface area contributed by atoms with Crippen molar-refractivity contribution in [3.8, 4) is 0 Å². The van der Waals surface area contributed by atoms with Crippen LogP contribution in [0.25, 0.3) is 0 Å². The number of hydrogen-bond donors (Lipinski definition) is 2. The van der Waals surface area contributed by atoms with E-state index in [9.17, 15) is 4.79 Å². The van der Waals surface area contributed by atoms with Gasteiger partial charge in [-0.3, -0.25) is 14.8 Å². The van der Waals surface area contributed by atoms with Crippen molar-refractivity contribution in [3.63, 3.8) is 0 Å². The number of carbonyl (C=O) groups excluding carboxylic acids is 1. The van der Waals surface area contributed by atoms with E-state index in [0.717, 1.165) is 23.7 Å². The molecule has 0 bridgehead atoms. The van der Waals surface area contributed by atoms with Crippen LogP contribution in [-0.4, -0.2) is 45.7 Å². The summed E-state index contributed by atoms with van der Waals surface area (Å²) in [5, 5.41) is 10.2. The minimum absolute atomic E-state index is 0.0172. The zero-order chi connectivity index (χ0) is 23.0. The molecule has 0 radical (unpaired) electrons. The molecule has 3 aliphatic rings. The Hall–Kier alpha value is -1.62. The van der Waals surface area contributed by atoms with E-state index in [4.69, 9.17) is 0 Å². The predicted molar refractivity (Wildman–Crippen MR) is 130 cm³/mol. The van der Waals surface area contributed by atoms with Gasteiger partial charge >= 0.3 is 0 Å². The van der Waals surface area contributed by atoms with E-state index < -0.39 is 0 Å². The molecule has 4 atom stereocenters. The number of aryl methyl sites for hydroxylation is 1. The summed E-state index contributed by atoms with van der Waals surface area (Å²) >= 11 is 0. The van der Waals surface area contributed by atoms with E-state index in [1.165, 1.54) is 57.9 Å². The molecule has 1 aromatic rings. The van der Waals surface area contributed by atoms with Crippen LogP contribution in [0.2, 0.25) is 0 Å². The first kappa shape index (κ1) is 25.6. The molecule has 2 aliphatic heterocycles. The Morgan fingerprint density at radius 3 is 2.55 bits per heavy atom. The normalized spacial score (nSPS) is 26.5. The van der Waals surface area contributed by atoms with E-state index in [2.05, 4.69) is 40.8 Å². The van der Waals surface area contributed by atoms with E-state index in [-0.39, 0.29) is 5.91 Å². The third kappa shape index (κ3) is 5.60. The summed E-state index contributed by atoms with van der Waals surface area (Å²) in [6, 6.07) is 0.320. The highest BCUT2D eigenvalue weighted by molar-refractivity contribution is 5.94. The van der Waals surface area contributed by atoms with Crippen LogP contribution < -0.4 is 5.32 Å². The van der Waals surface area contributed by atoms with Gasteiger partial charge in [-0.25, -0.2) is 0 Å². The summed E-state index contributed by atoms with van der Waals surface area (Å²) < 4.78 is 0. The van der Waals surface area contributed by atoms with Crippen LogP contribution in [0, 0.1) is 25.7 Å². The summed E-state index contributed by atoms with van der Waals surface area (Å²) in [4.78, 5) is 14.9. The number of aromatic nitrogens is 2. The van der Waals surface area contributed by atoms with Crippen LogP contribution in [0.5, 0.6) is 0 Å². The Kier molecular flexibility index (Phi) is 9.80. The van der Waals surface area contributed by atoms with E-state index in [0.29, 0.717) is 23.2 Å². The molecule has 5 nitrogen and oxygen atoms in total. The molecule has 0 aromatic carbocycles. The second-order valence-corrected chi connectivity index (χ2v) is 9.47. The Bertz CT molecular complexity index is 708. The number of allylic oxidation sites excluding steroid dienone is 1. The van der Waals surface area contributed by atoms with Crippen molar-refractivity contribution in [2.75, 3.05) is 13.1 Å². The average Bonchev–Trinajstić information content (AvgIpc) is 3.11. The van der Waals surface area contributed by atoms with Crippen molar-refractivity contribution in [3.05, 3.63) is 29.6 Å². The molecule has 1 spiro atoms. The minimum atomic E-state index is -0.0172. The molecule has 2 N–H and O–H groups in total. The highest BCUT2D eigenvalue weighted by Crippen LogP contribution is 2.57. The summed E-state index contributed by atoms with van der Waals surface area (Å²) in [7, 11) is 0. The van der Waals surface area contributed by atoms with Gasteiger partial charge in [-0.15, -0.1) is 6.58 Å². The van der Waals surface area contributed by atoms with Crippen molar-refractivity contribution in [2.24, 2.45) is 11.8 Å². The van der Waals surface area contributed by atoms with Crippen molar-refractivity contribution in [1.82, 2.24) is 20.4 Å². The molecular weight excluding hydrogens is 384 g/mol. The number of H-pyrrole nitrogens is 1. The first-order valence-corrected chi connectivity index (χ1v) is 12.6. The van der Waals surface area contributed by atoms with Gasteiger partial charge in [0.05, 0.1) is 0 Å². The second kappa shape index (κ2) is 11.8. The van der Waals surface area contributed by atoms with Crippen molar-refractivity contribution in [1.29, 1.82) is 0 Å². The number of unbranched alkanes of at least 4 members (excludes halogenated alkanes) is 2. The molecule has 4 rings (SSSR count). The van der Waals surface area contributed by atoms with Crippen molar-refractivity contribution in [2.45, 2.75) is 104 Å². The Balaban J connectivity index is 0.000000245. The van der Waals surface area contributed by atoms with Crippen molar-refractivity contribution < 1.29 is 4.79 Å². The standard InChI is InChI=1S/C14H20N4O.C10H20.C2H6/c1-8-9(2)16-17-12(8)13(19)15-11-7-18-6-5-14(18)4-3-10(11)14;1-4-6-7-9-10(3)8-5-2;1-2/h10-11H,3-7H2,1-2H3,(H,15,19)(H,16,17);5,10H,2,4,6-9H2,1,3H3;1-2H3. The minimum Gasteiger partial charge on any atom is -0.346 e. The zero-order valence-corrected chi connectivity index (χ0v) is 20.9. The van der Waals surface area contributed by atoms with Gasteiger partial charge in [0.25, 0.3) is 5.91 Å². The highest BCUT2D eigenvalue weighted by Gasteiger charge is 2.63. The summed E-state index contributed by atoms with van der Waals surface area (Å²) in [5.74, 6) is 1.51. The maximum atomic E-state index is 12.3. The second-order valence-electron chi connectivity index (χ2n) is 9.47. The maximum Gasteiger partial charge on any atom is 0.272 e. The largest absolute Gasteiger partial charge is 0.346 e. The number of hydrogen-bond acceptors (Lipinski definition) is 3. The van der Waals surface area contributed by atoms with E-state index in [1.54, 1.807) is 0 Å². The van der Waals surface area contributed by atoms with Crippen LogP contribution in [0.4, 0.5) is 0 Å². The van der Waals surface area contributed by atoms with Gasteiger partial charge in [0.1, 0.15) is 0 Å². The number of carbonyl (C=O) groups is 1. The molecule has 1 amide bonds. The Morgan fingerprint density at radius 2 is 2.10 bits per heavy atom. The number of nitrogens with zero attached hydrogens (tertiary/aromatic N) is 2. The van der Waals surface area contributed by atoms with Crippen molar-refractivity contribution >= 4 is 5.91 Å². The maximum absolute atomic E-state index is 12.3. The average molecular weight is 431 g/mol. The molecule has 2 saturated heterocycles. The lowest BCUT2D eigenvalue weighted by molar-refractivity contribution is -0.0676. The topological polar surface area (TPSA) is 61.0 Å². The lowest BCUT2D eigenvalue weighted by Crippen LogP contribution is -2.64. The van der Waals surface area contributed by atoms with Crippen LogP contribution in [0.1, 0.15) is 101 Å². The smallest absolute Gasteiger partial charge is 0.272 e. The summed E-state index contributed by atoms with van der Waals surface area (Å²) in [5.41, 5.74) is 2.96. The molecule has 31 heavy (non-hydrogen) atoms. The lowest BCUT2D eigenvalue weighted by atomic mass is 9.61. The third-order valence-electron chi connectivity index (χ3n) is 7.58. The van der Waals surface area contributed by atoms with Gasteiger partial charge in [-0.2, -0.15) is 5.10 Å². The molecular formula is C26H46N4O. The van der Waals surface area contributed by atoms with Crippen LogP contribution in [0.15, 0.2) is 12.7 Å². The molecule has 176 valence electrons. The fourth-order valence-electron chi connectivity index (χ4n) is 5.35. The van der Waals surface area contributed by atoms with Gasteiger partial charge in [0.15, 0.2) is 5.69 Å². The first-order valence-electron chi connectivity index (χ1n) is 12.6.